The summed E-state index contributed by atoms with van der Waals surface area (Å²) in [5.74, 6) is -0.106. The molecule has 0 spiro atoms. The number of nitrogens with zero attached hydrogens (tertiary/aromatic N) is 1. The maximum absolute atomic E-state index is 12.6. The van der Waals surface area contributed by atoms with Crippen LogP contribution in [0.5, 0.6) is 0 Å². The average molecular weight is 405 g/mol. The van der Waals surface area contributed by atoms with Gasteiger partial charge in [0.1, 0.15) is 4.32 Å². The van der Waals surface area contributed by atoms with Gasteiger partial charge in [0, 0.05) is 6.54 Å². The molecule has 0 unspecified atom stereocenters. The van der Waals surface area contributed by atoms with Gasteiger partial charge in [0.15, 0.2) is 0 Å². The Hall–Kier alpha value is -2.00. The number of thioether (sulfide) groups is 1. The fraction of sp³-hybridized carbons (Fsp3) is 0.111. The molecule has 2 aromatic carbocycles. The molecule has 0 atom stereocenters. The quantitative estimate of drug-likeness (QED) is 0.612. The smallest absolute Gasteiger partial charge is 0.266 e. The summed E-state index contributed by atoms with van der Waals surface area (Å²) in [6.45, 7) is 0.436. The van der Waals surface area contributed by atoms with E-state index in [1.54, 1.807) is 17.0 Å². The van der Waals surface area contributed by atoms with Crippen LogP contribution in [0.3, 0.4) is 0 Å². The van der Waals surface area contributed by atoms with Gasteiger partial charge in [-0.1, -0.05) is 66.4 Å². The van der Waals surface area contributed by atoms with E-state index in [1.807, 2.05) is 36.4 Å². The van der Waals surface area contributed by atoms with Crippen LogP contribution < -0.4 is 5.14 Å². The van der Waals surface area contributed by atoms with Crippen LogP contribution in [0.1, 0.15) is 11.1 Å². The monoisotopic (exact) mass is 404 g/mol. The van der Waals surface area contributed by atoms with E-state index in [-0.39, 0.29) is 10.8 Å². The molecule has 0 aromatic heterocycles. The minimum absolute atomic E-state index is 0.0673. The Kier molecular flexibility index (Phi) is 5.57. The highest BCUT2D eigenvalue weighted by molar-refractivity contribution is 8.26. The fourth-order valence-electron chi connectivity index (χ4n) is 2.48. The van der Waals surface area contributed by atoms with Crippen molar-refractivity contribution in [3.05, 3.63) is 70.6 Å². The number of sulfonamides is 1. The number of amides is 1. The zero-order valence-electron chi connectivity index (χ0n) is 13.7. The van der Waals surface area contributed by atoms with Crippen molar-refractivity contribution in [3.8, 4) is 0 Å². The Labute approximate surface area is 161 Å². The second-order valence-electron chi connectivity index (χ2n) is 5.68. The summed E-state index contributed by atoms with van der Waals surface area (Å²) < 4.78 is 23.1. The molecule has 2 aromatic rings. The van der Waals surface area contributed by atoms with Crippen LogP contribution in [0.2, 0.25) is 0 Å². The first-order chi connectivity index (χ1) is 12.3. The third kappa shape index (κ3) is 4.39. The molecule has 134 valence electrons. The molecule has 1 fully saturated rings. The first kappa shape index (κ1) is 18.8. The first-order valence-corrected chi connectivity index (χ1v) is 10.5. The summed E-state index contributed by atoms with van der Waals surface area (Å²) in [6, 6.07) is 15.9. The van der Waals surface area contributed by atoms with E-state index in [0.717, 1.165) is 11.1 Å². The summed E-state index contributed by atoms with van der Waals surface area (Å²) >= 11 is 6.62. The number of carbonyl (C=O) groups is 1. The van der Waals surface area contributed by atoms with Gasteiger partial charge < -0.3 is 0 Å². The van der Waals surface area contributed by atoms with Crippen molar-refractivity contribution in [3.63, 3.8) is 0 Å². The number of nitrogens with two attached hydrogens (primary N) is 1. The largest absolute Gasteiger partial charge is 0.293 e. The molecule has 1 amide bonds. The minimum Gasteiger partial charge on any atom is -0.293 e. The van der Waals surface area contributed by atoms with E-state index in [1.165, 1.54) is 23.9 Å². The minimum atomic E-state index is -3.70. The molecule has 1 aliphatic heterocycles. The summed E-state index contributed by atoms with van der Waals surface area (Å²) in [4.78, 5) is 14.8. The molecule has 0 bridgehead atoms. The lowest BCUT2D eigenvalue weighted by atomic mass is 10.1. The number of carbonyl (C=O) groups excluding carboxylic acids is 1. The van der Waals surface area contributed by atoms with Gasteiger partial charge in [0.25, 0.3) is 5.91 Å². The normalized spacial score (nSPS) is 16.5. The molecule has 1 aliphatic rings. The van der Waals surface area contributed by atoms with Crippen molar-refractivity contribution >= 4 is 50.3 Å². The molecular weight excluding hydrogens is 388 g/mol. The van der Waals surface area contributed by atoms with Gasteiger partial charge in [0.05, 0.1) is 9.80 Å². The highest BCUT2D eigenvalue weighted by Gasteiger charge is 2.31. The second kappa shape index (κ2) is 7.71. The standard InChI is InChI=1S/C18H16N2O3S3/c19-26(22,23)15-8-6-13(7-9-15)10-11-20-17(21)16(25-18(20)24)12-14-4-2-1-3-5-14/h1-9,12H,10-11H2,(H2,19,22,23)/b16-12-. The lowest BCUT2D eigenvalue weighted by Crippen LogP contribution is -2.30. The van der Waals surface area contributed by atoms with Crippen LogP contribution in [0.4, 0.5) is 0 Å². The average Bonchev–Trinajstić information content (AvgIpc) is 2.87. The van der Waals surface area contributed by atoms with E-state index < -0.39 is 10.0 Å². The fourth-order valence-corrected chi connectivity index (χ4v) is 4.30. The highest BCUT2D eigenvalue weighted by atomic mass is 32.2. The van der Waals surface area contributed by atoms with Gasteiger partial charge in [-0.05, 0) is 35.8 Å². The number of rotatable bonds is 5. The molecular formula is C18H16N2O3S3. The molecule has 0 saturated carbocycles. The summed E-state index contributed by atoms with van der Waals surface area (Å²) in [6.07, 6.45) is 2.40. The third-order valence-corrected chi connectivity index (χ3v) is 6.15. The van der Waals surface area contributed by atoms with Crippen LogP contribution in [0.25, 0.3) is 6.08 Å². The van der Waals surface area contributed by atoms with Crippen molar-refractivity contribution in [2.24, 2.45) is 5.14 Å². The van der Waals surface area contributed by atoms with E-state index in [9.17, 15) is 13.2 Å². The molecule has 2 N–H and O–H groups in total. The molecule has 0 radical (unpaired) electrons. The number of thiocarbonyl (C=S) groups is 1. The first-order valence-electron chi connectivity index (χ1n) is 7.77. The molecule has 0 aliphatic carbocycles. The van der Waals surface area contributed by atoms with Crippen molar-refractivity contribution in [1.82, 2.24) is 4.90 Å². The lowest BCUT2D eigenvalue weighted by molar-refractivity contribution is -0.122. The lowest BCUT2D eigenvalue weighted by Gasteiger charge is -2.14. The number of hydrogen-bond acceptors (Lipinski definition) is 5. The predicted molar refractivity (Wildman–Crippen MR) is 108 cm³/mol. The Morgan fingerprint density at radius 1 is 1.08 bits per heavy atom. The second-order valence-corrected chi connectivity index (χ2v) is 8.92. The van der Waals surface area contributed by atoms with Crippen LogP contribution >= 0.6 is 24.0 Å². The maximum atomic E-state index is 12.6. The van der Waals surface area contributed by atoms with Gasteiger partial charge >= 0.3 is 0 Å². The van der Waals surface area contributed by atoms with Gasteiger partial charge in [-0.15, -0.1) is 0 Å². The van der Waals surface area contributed by atoms with E-state index >= 15 is 0 Å². The summed E-state index contributed by atoms with van der Waals surface area (Å²) in [5.41, 5.74) is 1.85. The molecule has 26 heavy (non-hydrogen) atoms. The Bertz CT molecular complexity index is 969. The van der Waals surface area contributed by atoms with Gasteiger partial charge in [-0.3, -0.25) is 9.69 Å². The van der Waals surface area contributed by atoms with E-state index in [4.69, 9.17) is 17.4 Å². The SMILES string of the molecule is NS(=O)(=O)c1ccc(CCN2C(=O)/C(=C/c3ccccc3)SC2=S)cc1. The third-order valence-electron chi connectivity index (χ3n) is 3.85. The van der Waals surface area contributed by atoms with Crippen LogP contribution in [-0.2, 0) is 21.2 Å². The molecule has 8 heteroatoms. The Morgan fingerprint density at radius 3 is 2.35 bits per heavy atom. The van der Waals surface area contributed by atoms with Crippen molar-refractivity contribution in [2.45, 2.75) is 11.3 Å². The van der Waals surface area contributed by atoms with Gasteiger partial charge in [-0.25, -0.2) is 13.6 Å². The molecule has 3 rings (SSSR count). The molecule has 1 saturated heterocycles. The van der Waals surface area contributed by atoms with Gasteiger partial charge in [0.2, 0.25) is 10.0 Å². The summed E-state index contributed by atoms with van der Waals surface area (Å²) in [5, 5.41) is 5.09. The van der Waals surface area contributed by atoms with Crippen molar-refractivity contribution < 1.29 is 13.2 Å². The van der Waals surface area contributed by atoms with Crippen LogP contribution in [-0.4, -0.2) is 30.1 Å². The zero-order valence-corrected chi connectivity index (χ0v) is 16.1. The van der Waals surface area contributed by atoms with E-state index in [2.05, 4.69) is 0 Å². The van der Waals surface area contributed by atoms with Crippen LogP contribution in [0, 0.1) is 0 Å². The number of benzene rings is 2. The topological polar surface area (TPSA) is 80.5 Å². The van der Waals surface area contributed by atoms with Crippen LogP contribution in [0.15, 0.2) is 64.4 Å². The molecule has 1 heterocycles. The van der Waals surface area contributed by atoms with Gasteiger partial charge in [-0.2, -0.15) is 0 Å². The number of hydrogen-bond donors (Lipinski definition) is 1. The van der Waals surface area contributed by atoms with Crippen molar-refractivity contribution in [1.29, 1.82) is 0 Å². The Balaban J connectivity index is 1.68. The maximum Gasteiger partial charge on any atom is 0.266 e. The summed E-state index contributed by atoms with van der Waals surface area (Å²) in [7, 11) is -3.70. The number of primary sulfonamides is 1. The van der Waals surface area contributed by atoms with E-state index in [0.29, 0.717) is 22.2 Å². The van der Waals surface area contributed by atoms with Crippen molar-refractivity contribution in [2.75, 3.05) is 6.54 Å². The Morgan fingerprint density at radius 2 is 1.73 bits per heavy atom. The molecule has 5 nitrogen and oxygen atoms in total. The predicted octanol–water partition coefficient (Wildman–Crippen LogP) is 2.78. The zero-order chi connectivity index (χ0) is 18.7. The highest BCUT2D eigenvalue weighted by Crippen LogP contribution is 2.32.